The van der Waals surface area contributed by atoms with Crippen LogP contribution in [0, 0.1) is 0 Å². The van der Waals surface area contributed by atoms with Crippen LogP contribution in [0.4, 0.5) is 0 Å². The number of rotatable bonds is 35. The average Bonchev–Trinajstić information content (AvgIpc) is 3.18. The standard InChI is InChI=1S/C46H81NO8/c1-3-5-7-9-11-13-15-17-19-20-22-24-26-28-30-32-34-36-42(50)47-39(38-54-46-45(53)44(52)43(51)41(37-48)55-46)40(49)35-33-31-29-27-25-23-21-18-16-14-12-10-8-6-4-2/h5,7,11,13,17,19,22,24,33,35,39-41,43-46,48-49,51-53H,3-4,6,8-10,12,14-16,18,20-21,23,25-32,34,36-38H2,1-2H3,(H,47,50)/b7-5-,13-11-,19-17-,24-22-,35-33+. The summed E-state index contributed by atoms with van der Waals surface area (Å²) in [5.41, 5.74) is 0. The Labute approximate surface area is 335 Å². The van der Waals surface area contributed by atoms with Gasteiger partial charge in [-0.2, -0.15) is 0 Å². The molecule has 7 atom stereocenters. The molecular formula is C46H81NO8. The van der Waals surface area contributed by atoms with Gasteiger partial charge in [-0.05, 0) is 57.8 Å². The predicted molar refractivity (Wildman–Crippen MR) is 226 cm³/mol. The van der Waals surface area contributed by atoms with Crippen molar-refractivity contribution in [1.29, 1.82) is 0 Å². The van der Waals surface area contributed by atoms with Gasteiger partial charge in [0, 0.05) is 6.42 Å². The summed E-state index contributed by atoms with van der Waals surface area (Å²) >= 11 is 0. The highest BCUT2D eigenvalue weighted by atomic mass is 16.7. The molecule has 9 nitrogen and oxygen atoms in total. The van der Waals surface area contributed by atoms with E-state index in [4.69, 9.17) is 9.47 Å². The van der Waals surface area contributed by atoms with Gasteiger partial charge in [0.2, 0.25) is 5.91 Å². The molecule has 9 heteroatoms. The maximum Gasteiger partial charge on any atom is 0.220 e. The summed E-state index contributed by atoms with van der Waals surface area (Å²) in [4.78, 5) is 12.9. The van der Waals surface area contributed by atoms with Gasteiger partial charge in [-0.15, -0.1) is 0 Å². The molecule has 1 rings (SSSR count). The Kier molecular flexibility index (Phi) is 33.5. The van der Waals surface area contributed by atoms with E-state index in [-0.39, 0.29) is 12.5 Å². The molecule has 0 radical (unpaired) electrons. The summed E-state index contributed by atoms with van der Waals surface area (Å²) in [6.07, 6.45) is 39.7. The lowest BCUT2D eigenvalue weighted by Gasteiger charge is -2.40. The van der Waals surface area contributed by atoms with Gasteiger partial charge in [0.25, 0.3) is 0 Å². The minimum Gasteiger partial charge on any atom is -0.394 e. The quantitative estimate of drug-likeness (QED) is 0.0277. The fraction of sp³-hybridized carbons (Fsp3) is 0.761. The van der Waals surface area contributed by atoms with Gasteiger partial charge in [0.1, 0.15) is 24.4 Å². The van der Waals surface area contributed by atoms with E-state index >= 15 is 0 Å². The highest BCUT2D eigenvalue weighted by molar-refractivity contribution is 5.76. The molecule has 1 aliphatic rings. The first-order valence-electron chi connectivity index (χ1n) is 22.0. The van der Waals surface area contributed by atoms with E-state index in [0.717, 1.165) is 77.0 Å². The van der Waals surface area contributed by atoms with Crippen molar-refractivity contribution in [3.8, 4) is 0 Å². The summed E-state index contributed by atoms with van der Waals surface area (Å²) in [6.45, 7) is 3.63. The second-order valence-electron chi connectivity index (χ2n) is 15.1. The molecule has 1 saturated heterocycles. The van der Waals surface area contributed by atoms with Crippen LogP contribution in [0.15, 0.2) is 60.8 Å². The number of ether oxygens (including phenoxy) is 2. The van der Waals surface area contributed by atoms with Crippen LogP contribution in [0.2, 0.25) is 0 Å². The zero-order chi connectivity index (χ0) is 40.2. The van der Waals surface area contributed by atoms with E-state index in [2.05, 4.69) is 67.8 Å². The summed E-state index contributed by atoms with van der Waals surface area (Å²) < 4.78 is 11.2. The molecule has 1 aliphatic heterocycles. The summed E-state index contributed by atoms with van der Waals surface area (Å²) in [5, 5.41) is 54.1. The zero-order valence-electron chi connectivity index (χ0n) is 34.7. The van der Waals surface area contributed by atoms with E-state index < -0.39 is 49.5 Å². The van der Waals surface area contributed by atoms with E-state index in [1.54, 1.807) is 6.08 Å². The zero-order valence-corrected chi connectivity index (χ0v) is 34.7. The molecule has 0 aromatic heterocycles. The third-order valence-corrected chi connectivity index (χ3v) is 10.1. The molecular weight excluding hydrogens is 695 g/mol. The first-order chi connectivity index (χ1) is 26.8. The van der Waals surface area contributed by atoms with Gasteiger partial charge in [-0.25, -0.2) is 0 Å². The van der Waals surface area contributed by atoms with Crippen LogP contribution < -0.4 is 5.32 Å². The minimum atomic E-state index is -1.57. The minimum absolute atomic E-state index is 0.201. The molecule has 1 fully saturated rings. The first kappa shape index (κ1) is 50.9. The van der Waals surface area contributed by atoms with E-state index in [1.165, 1.54) is 70.6 Å². The number of hydrogen-bond acceptors (Lipinski definition) is 8. The van der Waals surface area contributed by atoms with Crippen molar-refractivity contribution < 1.29 is 39.8 Å². The summed E-state index contributed by atoms with van der Waals surface area (Å²) in [7, 11) is 0. The van der Waals surface area contributed by atoms with Crippen molar-refractivity contribution >= 4 is 5.91 Å². The largest absolute Gasteiger partial charge is 0.394 e. The highest BCUT2D eigenvalue weighted by Crippen LogP contribution is 2.22. The Balaban J connectivity index is 2.42. The normalized spacial score (nSPS) is 21.9. The monoisotopic (exact) mass is 776 g/mol. The topological polar surface area (TPSA) is 149 Å². The average molecular weight is 776 g/mol. The van der Waals surface area contributed by atoms with Gasteiger partial charge in [0.15, 0.2) is 6.29 Å². The van der Waals surface area contributed by atoms with Crippen LogP contribution in [0.25, 0.3) is 0 Å². The number of unbranched alkanes of at least 4 members (excludes halogenated alkanes) is 17. The van der Waals surface area contributed by atoms with Crippen molar-refractivity contribution in [2.45, 2.75) is 211 Å². The number of allylic oxidation sites excluding steroid dienone is 9. The Morgan fingerprint density at radius 1 is 0.636 bits per heavy atom. The third kappa shape index (κ3) is 27.2. The van der Waals surface area contributed by atoms with Gasteiger partial charge < -0.3 is 40.3 Å². The van der Waals surface area contributed by atoms with Crippen molar-refractivity contribution in [1.82, 2.24) is 5.32 Å². The van der Waals surface area contributed by atoms with E-state index in [1.807, 2.05) is 6.08 Å². The third-order valence-electron chi connectivity index (χ3n) is 10.1. The van der Waals surface area contributed by atoms with Crippen LogP contribution in [0.1, 0.15) is 168 Å². The Morgan fingerprint density at radius 3 is 1.67 bits per heavy atom. The number of amides is 1. The van der Waals surface area contributed by atoms with E-state index in [0.29, 0.717) is 6.42 Å². The molecule has 6 N–H and O–H groups in total. The number of hydrogen-bond donors (Lipinski definition) is 6. The van der Waals surface area contributed by atoms with Gasteiger partial charge in [-0.3, -0.25) is 4.79 Å². The van der Waals surface area contributed by atoms with Gasteiger partial charge in [-0.1, -0.05) is 164 Å². The molecule has 0 bridgehead atoms. The van der Waals surface area contributed by atoms with E-state index in [9.17, 15) is 30.3 Å². The molecule has 318 valence electrons. The molecule has 7 unspecified atom stereocenters. The Bertz CT molecular complexity index is 1040. The second-order valence-corrected chi connectivity index (χ2v) is 15.1. The molecule has 0 aliphatic carbocycles. The lowest BCUT2D eigenvalue weighted by Crippen LogP contribution is -2.60. The smallest absolute Gasteiger partial charge is 0.220 e. The molecule has 55 heavy (non-hydrogen) atoms. The lowest BCUT2D eigenvalue weighted by molar-refractivity contribution is -0.302. The molecule has 0 aromatic carbocycles. The fourth-order valence-electron chi connectivity index (χ4n) is 6.56. The number of nitrogens with one attached hydrogen (secondary N) is 1. The second kappa shape index (κ2) is 36.2. The van der Waals surface area contributed by atoms with Crippen molar-refractivity contribution in [3.05, 3.63) is 60.8 Å². The van der Waals surface area contributed by atoms with Crippen molar-refractivity contribution in [2.24, 2.45) is 0 Å². The number of aliphatic hydroxyl groups excluding tert-OH is 5. The van der Waals surface area contributed by atoms with Gasteiger partial charge in [0.05, 0.1) is 25.4 Å². The summed E-state index contributed by atoms with van der Waals surface area (Å²) in [6, 6.07) is -0.819. The molecule has 0 aromatic rings. The first-order valence-corrected chi connectivity index (χ1v) is 22.0. The maximum absolute atomic E-state index is 12.9. The Hall–Kier alpha value is -2.11. The van der Waals surface area contributed by atoms with Crippen LogP contribution in [0.3, 0.4) is 0 Å². The molecule has 1 amide bonds. The van der Waals surface area contributed by atoms with Crippen LogP contribution >= 0.6 is 0 Å². The molecule has 1 heterocycles. The molecule has 0 spiro atoms. The summed E-state index contributed by atoms with van der Waals surface area (Å²) in [5.74, 6) is -0.203. The highest BCUT2D eigenvalue weighted by Gasteiger charge is 2.44. The lowest BCUT2D eigenvalue weighted by atomic mass is 9.99. The Morgan fingerprint density at radius 2 is 1.13 bits per heavy atom. The van der Waals surface area contributed by atoms with Crippen LogP contribution in [-0.2, 0) is 14.3 Å². The molecule has 0 saturated carbocycles. The number of carbonyl (C=O) groups is 1. The van der Waals surface area contributed by atoms with Crippen molar-refractivity contribution in [3.63, 3.8) is 0 Å². The fourth-order valence-corrected chi connectivity index (χ4v) is 6.56. The number of aliphatic hydroxyl groups is 5. The van der Waals surface area contributed by atoms with Crippen LogP contribution in [0.5, 0.6) is 0 Å². The SMILES string of the molecule is CC/C=C\C/C=C\C/C=C\C/C=C\CCCCCCC(=O)NC(COC1OC(CO)C(O)C(O)C1O)C(O)/C=C/CCCCCCCCCCCCCCC. The predicted octanol–water partition coefficient (Wildman–Crippen LogP) is 8.83. The maximum atomic E-state index is 12.9. The van der Waals surface area contributed by atoms with Crippen molar-refractivity contribution in [2.75, 3.05) is 13.2 Å². The number of carbonyl (C=O) groups excluding carboxylic acids is 1. The van der Waals surface area contributed by atoms with Gasteiger partial charge >= 0.3 is 0 Å². The van der Waals surface area contributed by atoms with Crippen LogP contribution in [-0.4, -0.2) is 87.5 Å².